The van der Waals surface area contributed by atoms with Crippen LogP contribution >= 0.6 is 0 Å². The molecule has 0 aromatic heterocycles. The highest BCUT2D eigenvalue weighted by atomic mass is 28.4. The summed E-state index contributed by atoms with van der Waals surface area (Å²) in [5.74, 6) is 0. The maximum absolute atomic E-state index is 6.80. The Balaban J connectivity index is 2.11. The highest BCUT2D eigenvalue weighted by Gasteiger charge is 2.44. The standard InChI is InChI=1S/C52H88O4Si4/c1-39(29-25-31-41(3)33-35-45-43(5)49(55-59(17,18)19)47(37-51(45,7)8)53-57(11,12)13)27-23-24-28-40(2)30-26-32-42(4)34-36-46-44(6)50(56-60(20,21)22)48(38-52(46,9)10)54-58(14,15)16/h23-36,47-50H,37-38H2,1-22H3/b24-23+,29-25+,30-26+,35-33+,36-34+,39-27+,40-28+,41-31+,42-32+/t47-,48-,49-,50-/m0/s1. The van der Waals surface area contributed by atoms with E-state index < -0.39 is 33.3 Å². The molecule has 0 aromatic rings. The van der Waals surface area contributed by atoms with Crippen molar-refractivity contribution in [3.05, 3.63) is 130 Å². The third kappa shape index (κ3) is 19.5. The molecular formula is C52H88O4Si4. The van der Waals surface area contributed by atoms with Gasteiger partial charge >= 0.3 is 0 Å². The van der Waals surface area contributed by atoms with E-state index in [-0.39, 0.29) is 35.2 Å². The van der Waals surface area contributed by atoms with Crippen molar-refractivity contribution in [2.45, 2.75) is 185 Å². The highest BCUT2D eigenvalue weighted by molar-refractivity contribution is 6.71. The molecule has 0 aromatic carbocycles. The quantitative estimate of drug-likeness (QED) is 0.101. The molecule has 0 saturated carbocycles. The summed E-state index contributed by atoms with van der Waals surface area (Å²) in [4.78, 5) is 0. The zero-order chi connectivity index (χ0) is 46.1. The minimum Gasteiger partial charge on any atom is -0.412 e. The summed E-state index contributed by atoms with van der Waals surface area (Å²) in [6, 6.07) is 0. The van der Waals surface area contributed by atoms with Crippen molar-refractivity contribution in [2.75, 3.05) is 0 Å². The van der Waals surface area contributed by atoms with Crippen LogP contribution in [0.2, 0.25) is 78.6 Å². The van der Waals surface area contributed by atoms with Gasteiger partial charge in [0.25, 0.3) is 0 Å². The number of allylic oxidation sites excluding steroid dienone is 20. The van der Waals surface area contributed by atoms with Crippen LogP contribution in [0.25, 0.3) is 0 Å². The van der Waals surface area contributed by atoms with Crippen LogP contribution in [0.15, 0.2) is 130 Å². The summed E-state index contributed by atoms with van der Waals surface area (Å²) >= 11 is 0. The lowest BCUT2D eigenvalue weighted by Crippen LogP contribution is -2.50. The second-order valence-electron chi connectivity index (χ2n) is 22.6. The molecule has 8 heteroatoms. The van der Waals surface area contributed by atoms with Crippen LogP contribution < -0.4 is 0 Å². The zero-order valence-corrected chi connectivity index (χ0v) is 46.4. The van der Waals surface area contributed by atoms with E-state index in [0.717, 1.165) is 12.8 Å². The SMILES string of the molecule is CC1=C(/C=C/C(C)=C/C=C/C(C)=C/C=C/C=C(C)/C=C/C=C(C)/C=C/C2=C(C)[C@H](O[Si](C)(C)C)[C@@H](O[Si](C)(C)C)CC2(C)C)C(C)(C)C[C@H](O[Si](C)(C)C)[C@H]1O[Si](C)(C)C. The third-order valence-corrected chi connectivity index (χ3v) is 14.5. The van der Waals surface area contributed by atoms with Crippen molar-refractivity contribution in [3.63, 3.8) is 0 Å². The van der Waals surface area contributed by atoms with Crippen LogP contribution in [0.3, 0.4) is 0 Å². The lowest BCUT2D eigenvalue weighted by molar-refractivity contribution is 0.0284. The Morgan fingerprint density at radius 1 is 0.433 bits per heavy atom. The minimum atomic E-state index is -1.77. The Kier molecular flexibility index (Phi) is 19.8. The lowest BCUT2D eigenvalue weighted by Gasteiger charge is -2.46. The molecule has 0 spiro atoms. The highest BCUT2D eigenvalue weighted by Crippen LogP contribution is 2.46. The molecule has 0 heterocycles. The number of rotatable bonds is 18. The van der Waals surface area contributed by atoms with Crippen molar-refractivity contribution >= 4 is 33.3 Å². The Hall–Kier alpha value is -2.15. The van der Waals surface area contributed by atoms with Gasteiger partial charge in [0.15, 0.2) is 33.3 Å². The van der Waals surface area contributed by atoms with Gasteiger partial charge < -0.3 is 17.7 Å². The molecule has 0 amide bonds. The van der Waals surface area contributed by atoms with Gasteiger partial charge in [0.2, 0.25) is 0 Å². The molecule has 336 valence electrons. The molecule has 4 nitrogen and oxygen atoms in total. The van der Waals surface area contributed by atoms with Crippen molar-refractivity contribution in [1.29, 1.82) is 0 Å². The maximum Gasteiger partial charge on any atom is 0.184 e. The summed E-state index contributed by atoms with van der Waals surface area (Å²) in [6.07, 6.45) is 32.8. The average Bonchev–Trinajstić information content (AvgIpc) is 3.03. The fourth-order valence-corrected chi connectivity index (χ4v) is 12.5. The van der Waals surface area contributed by atoms with E-state index in [1.54, 1.807) is 0 Å². The first kappa shape index (κ1) is 54.0. The van der Waals surface area contributed by atoms with E-state index in [4.69, 9.17) is 17.7 Å². The first-order chi connectivity index (χ1) is 27.2. The second kappa shape index (κ2) is 22.0. The molecular weight excluding hydrogens is 801 g/mol. The van der Waals surface area contributed by atoms with Crippen molar-refractivity contribution in [2.24, 2.45) is 10.8 Å². The number of hydrogen-bond acceptors (Lipinski definition) is 4. The Morgan fingerprint density at radius 2 is 0.700 bits per heavy atom. The van der Waals surface area contributed by atoms with Crippen molar-refractivity contribution < 1.29 is 17.7 Å². The summed E-state index contributed by atoms with van der Waals surface area (Å²) in [5.41, 5.74) is 10.2. The fourth-order valence-electron chi connectivity index (χ4n) is 8.06. The largest absolute Gasteiger partial charge is 0.412 e. The van der Waals surface area contributed by atoms with E-state index in [0.29, 0.717) is 0 Å². The summed E-state index contributed by atoms with van der Waals surface area (Å²) < 4.78 is 27.1. The Morgan fingerprint density at radius 3 is 0.983 bits per heavy atom. The van der Waals surface area contributed by atoms with Crippen LogP contribution in [-0.2, 0) is 17.7 Å². The second-order valence-corrected chi connectivity index (χ2v) is 40.5. The van der Waals surface area contributed by atoms with Crippen LogP contribution in [0.1, 0.15) is 82.1 Å². The van der Waals surface area contributed by atoms with Gasteiger partial charge in [0.1, 0.15) is 0 Å². The first-order valence-electron chi connectivity index (χ1n) is 22.4. The zero-order valence-electron chi connectivity index (χ0n) is 42.4. The molecule has 0 saturated heterocycles. The van der Waals surface area contributed by atoms with Gasteiger partial charge in [-0.2, -0.15) is 0 Å². The van der Waals surface area contributed by atoms with Crippen LogP contribution in [0.5, 0.6) is 0 Å². The van der Waals surface area contributed by atoms with E-state index >= 15 is 0 Å². The summed E-state index contributed by atoms with van der Waals surface area (Å²) in [7, 11) is -7.01. The molecule has 60 heavy (non-hydrogen) atoms. The molecule has 0 aliphatic heterocycles. The third-order valence-electron chi connectivity index (χ3n) is 10.5. The van der Waals surface area contributed by atoms with Crippen LogP contribution in [0.4, 0.5) is 0 Å². The van der Waals surface area contributed by atoms with Gasteiger partial charge in [-0.3, -0.25) is 0 Å². The average molecular weight is 890 g/mol. The number of hydrogen-bond donors (Lipinski definition) is 0. The molecule has 0 N–H and O–H groups in total. The fraction of sp³-hybridized carbons (Fsp3) is 0.577. The van der Waals surface area contributed by atoms with Gasteiger partial charge in [0.05, 0.1) is 24.4 Å². The van der Waals surface area contributed by atoms with Crippen molar-refractivity contribution in [1.82, 2.24) is 0 Å². The maximum atomic E-state index is 6.80. The molecule has 2 aliphatic carbocycles. The smallest absolute Gasteiger partial charge is 0.184 e. The molecule has 0 unspecified atom stereocenters. The predicted octanol–water partition coefficient (Wildman–Crippen LogP) is 15.9. The summed E-state index contributed by atoms with van der Waals surface area (Å²) in [5, 5.41) is 0. The lowest BCUT2D eigenvalue weighted by atomic mass is 9.70. The van der Waals surface area contributed by atoms with Crippen molar-refractivity contribution in [3.8, 4) is 0 Å². The minimum absolute atomic E-state index is 0.00707. The Labute approximate surface area is 374 Å². The molecule has 4 atom stereocenters. The molecule has 2 aliphatic rings. The van der Waals surface area contributed by atoms with Gasteiger partial charge in [0, 0.05) is 0 Å². The van der Waals surface area contributed by atoms with Gasteiger partial charge in [-0.1, -0.05) is 135 Å². The molecule has 0 radical (unpaired) electrons. The summed E-state index contributed by atoms with van der Waals surface area (Å²) in [6.45, 7) is 49.9. The van der Waals surface area contributed by atoms with E-state index in [9.17, 15) is 0 Å². The molecule has 0 fully saturated rings. The molecule has 2 rings (SSSR count). The molecule has 0 bridgehead atoms. The van der Waals surface area contributed by atoms with E-state index in [2.05, 4.69) is 233 Å². The van der Waals surface area contributed by atoms with E-state index in [1.807, 2.05) is 0 Å². The normalized spacial score (nSPS) is 24.8. The van der Waals surface area contributed by atoms with Crippen LogP contribution in [-0.4, -0.2) is 57.7 Å². The predicted molar refractivity (Wildman–Crippen MR) is 276 cm³/mol. The van der Waals surface area contributed by atoms with Gasteiger partial charge in [-0.15, -0.1) is 0 Å². The van der Waals surface area contributed by atoms with E-state index in [1.165, 1.54) is 44.6 Å². The van der Waals surface area contributed by atoms with Gasteiger partial charge in [-0.05, 0) is 166 Å². The van der Waals surface area contributed by atoms with Crippen LogP contribution in [0, 0.1) is 10.8 Å². The van der Waals surface area contributed by atoms with Gasteiger partial charge in [-0.25, -0.2) is 0 Å². The monoisotopic (exact) mass is 889 g/mol. The first-order valence-corrected chi connectivity index (χ1v) is 36.0. The topological polar surface area (TPSA) is 36.9 Å². The Bertz CT molecular complexity index is 1680.